The molecule has 0 aliphatic carbocycles. The summed E-state index contributed by atoms with van der Waals surface area (Å²) in [6.45, 7) is 7.51. The van der Waals surface area contributed by atoms with Gasteiger partial charge in [0.25, 0.3) is 0 Å². The molecule has 0 amide bonds. The Balaban J connectivity index is 2.08. The van der Waals surface area contributed by atoms with Crippen molar-refractivity contribution in [3.05, 3.63) is 29.2 Å². The van der Waals surface area contributed by atoms with E-state index in [9.17, 15) is 0 Å². The fourth-order valence-electron chi connectivity index (χ4n) is 1.90. The smallest absolute Gasteiger partial charge is 0.224 e. The van der Waals surface area contributed by atoms with Crippen molar-refractivity contribution < 1.29 is 0 Å². The topological polar surface area (TPSA) is 67.7 Å². The van der Waals surface area contributed by atoms with Gasteiger partial charge in [0.05, 0.1) is 5.69 Å². The third-order valence-corrected chi connectivity index (χ3v) is 2.76. The second-order valence-corrected chi connectivity index (χ2v) is 4.52. The largest absolute Gasteiger partial charge is 0.366 e. The van der Waals surface area contributed by atoms with Crippen LogP contribution in [0.1, 0.15) is 23.9 Å². The zero-order valence-electron chi connectivity index (χ0n) is 11.9. The van der Waals surface area contributed by atoms with Crippen molar-refractivity contribution in [3.63, 3.8) is 0 Å². The Morgan fingerprint density at radius 1 is 1.21 bits per heavy atom. The Labute approximate surface area is 113 Å². The first-order valence-electron chi connectivity index (χ1n) is 6.41. The van der Waals surface area contributed by atoms with E-state index in [4.69, 9.17) is 0 Å². The molecular formula is C13H20N6. The van der Waals surface area contributed by atoms with Crippen LogP contribution in [0, 0.1) is 13.8 Å². The van der Waals surface area contributed by atoms with Gasteiger partial charge in [-0.2, -0.15) is 10.1 Å². The minimum absolute atomic E-state index is 0.660. The molecule has 0 saturated carbocycles. The van der Waals surface area contributed by atoms with Gasteiger partial charge < -0.3 is 10.6 Å². The predicted octanol–water partition coefficient (Wildman–Crippen LogP) is 1.87. The highest BCUT2D eigenvalue weighted by atomic mass is 15.3. The molecule has 2 heterocycles. The van der Waals surface area contributed by atoms with Crippen LogP contribution in [0.4, 0.5) is 11.8 Å². The zero-order valence-corrected chi connectivity index (χ0v) is 11.9. The quantitative estimate of drug-likeness (QED) is 0.859. The Morgan fingerprint density at radius 3 is 2.63 bits per heavy atom. The number of rotatable bonds is 5. The summed E-state index contributed by atoms with van der Waals surface area (Å²) in [6, 6.07) is 1.94. The molecule has 2 aromatic heterocycles. The van der Waals surface area contributed by atoms with E-state index in [2.05, 4.69) is 25.7 Å². The Hall–Kier alpha value is -2.11. The van der Waals surface area contributed by atoms with Gasteiger partial charge in [-0.25, -0.2) is 4.98 Å². The summed E-state index contributed by atoms with van der Waals surface area (Å²) in [7, 11) is 1.93. The number of aryl methyl sites for hydroxylation is 3. The van der Waals surface area contributed by atoms with Crippen molar-refractivity contribution in [1.82, 2.24) is 19.7 Å². The SMILES string of the molecule is CCNc1nc(C)cc(NCc2cn(C)nc2C)n1. The van der Waals surface area contributed by atoms with Gasteiger partial charge in [0.1, 0.15) is 5.82 Å². The summed E-state index contributed by atoms with van der Waals surface area (Å²) in [6.07, 6.45) is 2.02. The average molecular weight is 260 g/mol. The minimum Gasteiger partial charge on any atom is -0.366 e. The van der Waals surface area contributed by atoms with E-state index in [1.54, 1.807) is 0 Å². The minimum atomic E-state index is 0.660. The first-order chi connectivity index (χ1) is 9.08. The van der Waals surface area contributed by atoms with Crippen LogP contribution in [0.2, 0.25) is 0 Å². The number of hydrogen-bond donors (Lipinski definition) is 2. The van der Waals surface area contributed by atoms with Crippen LogP contribution in [-0.4, -0.2) is 26.3 Å². The molecule has 0 spiro atoms. The van der Waals surface area contributed by atoms with Gasteiger partial charge in [0, 0.05) is 43.7 Å². The zero-order chi connectivity index (χ0) is 13.8. The molecule has 2 aromatic rings. The summed E-state index contributed by atoms with van der Waals surface area (Å²) in [5.74, 6) is 1.49. The fraction of sp³-hybridized carbons (Fsp3) is 0.462. The van der Waals surface area contributed by atoms with E-state index in [-0.39, 0.29) is 0 Å². The third-order valence-electron chi connectivity index (χ3n) is 2.76. The van der Waals surface area contributed by atoms with Gasteiger partial charge in [-0.15, -0.1) is 0 Å². The highest BCUT2D eigenvalue weighted by Crippen LogP contribution is 2.12. The summed E-state index contributed by atoms with van der Waals surface area (Å²) < 4.78 is 1.82. The highest BCUT2D eigenvalue weighted by Gasteiger charge is 2.05. The van der Waals surface area contributed by atoms with Crippen LogP contribution in [-0.2, 0) is 13.6 Å². The van der Waals surface area contributed by atoms with Gasteiger partial charge in [0.2, 0.25) is 5.95 Å². The molecule has 0 atom stereocenters. The van der Waals surface area contributed by atoms with E-state index < -0.39 is 0 Å². The molecule has 0 aliphatic rings. The third kappa shape index (κ3) is 3.43. The van der Waals surface area contributed by atoms with Crippen LogP contribution < -0.4 is 10.6 Å². The number of nitrogens with zero attached hydrogens (tertiary/aromatic N) is 4. The highest BCUT2D eigenvalue weighted by molar-refractivity contribution is 5.42. The Bertz CT molecular complexity index is 560. The summed E-state index contributed by atoms with van der Waals surface area (Å²) in [5.41, 5.74) is 3.15. The molecule has 19 heavy (non-hydrogen) atoms. The molecule has 0 aliphatic heterocycles. The molecule has 2 N–H and O–H groups in total. The summed E-state index contributed by atoms with van der Waals surface area (Å²) in [5, 5.41) is 10.8. The van der Waals surface area contributed by atoms with Crippen molar-refractivity contribution >= 4 is 11.8 Å². The molecule has 102 valence electrons. The van der Waals surface area contributed by atoms with Gasteiger partial charge in [-0.1, -0.05) is 0 Å². The molecule has 0 bridgehead atoms. The van der Waals surface area contributed by atoms with E-state index in [0.29, 0.717) is 12.5 Å². The van der Waals surface area contributed by atoms with Crippen LogP contribution in [0.3, 0.4) is 0 Å². The van der Waals surface area contributed by atoms with Crippen LogP contribution >= 0.6 is 0 Å². The maximum absolute atomic E-state index is 4.41. The summed E-state index contributed by atoms with van der Waals surface area (Å²) in [4.78, 5) is 8.74. The number of anilines is 2. The van der Waals surface area contributed by atoms with Crippen molar-refractivity contribution in [2.24, 2.45) is 7.05 Å². The van der Waals surface area contributed by atoms with Crippen molar-refractivity contribution in [2.45, 2.75) is 27.3 Å². The lowest BCUT2D eigenvalue weighted by atomic mass is 10.2. The van der Waals surface area contributed by atoms with Crippen molar-refractivity contribution in [1.29, 1.82) is 0 Å². The Kier molecular flexibility index (Phi) is 3.99. The average Bonchev–Trinajstić information content (AvgIpc) is 2.65. The summed E-state index contributed by atoms with van der Waals surface area (Å²) >= 11 is 0. The molecule has 2 rings (SSSR count). The van der Waals surface area contributed by atoms with Crippen LogP contribution in [0.5, 0.6) is 0 Å². The first kappa shape index (κ1) is 13.3. The maximum Gasteiger partial charge on any atom is 0.224 e. The second kappa shape index (κ2) is 5.69. The molecular weight excluding hydrogens is 240 g/mol. The van der Waals surface area contributed by atoms with E-state index in [1.807, 2.05) is 44.8 Å². The number of aromatic nitrogens is 4. The van der Waals surface area contributed by atoms with Crippen LogP contribution in [0.25, 0.3) is 0 Å². The van der Waals surface area contributed by atoms with E-state index in [1.165, 1.54) is 5.56 Å². The fourth-order valence-corrected chi connectivity index (χ4v) is 1.90. The molecule has 0 aromatic carbocycles. The van der Waals surface area contributed by atoms with Gasteiger partial charge in [0.15, 0.2) is 0 Å². The lowest BCUT2D eigenvalue weighted by Gasteiger charge is -2.08. The van der Waals surface area contributed by atoms with Gasteiger partial charge in [-0.05, 0) is 20.8 Å². The predicted molar refractivity (Wildman–Crippen MR) is 76.2 cm³/mol. The molecule has 0 radical (unpaired) electrons. The van der Waals surface area contributed by atoms with Crippen LogP contribution in [0.15, 0.2) is 12.3 Å². The first-order valence-corrected chi connectivity index (χ1v) is 6.41. The van der Waals surface area contributed by atoms with E-state index in [0.717, 1.165) is 23.8 Å². The van der Waals surface area contributed by atoms with Gasteiger partial charge >= 0.3 is 0 Å². The van der Waals surface area contributed by atoms with Crippen molar-refractivity contribution in [3.8, 4) is 0 Å². The molecule has 6 nitrogen and oxygen atoms in total. The number of nitrogens with one attached hydrogen (secondary N) is 2. The monoisotopic (exact) mass is 260 g/mol. The molecule has 0 fully saturated rings. The molecule has 0 unspecified atom stereocenters. The van der Waals surface area contributed by atoms with Gasteiger partial charge in [-0.3, -0.25) is 4.68 Å². The number of hydrogen-bond acceptors (Lipinski definition) is 5. The second-order valence-electron chi connectivity index (χ2n) is 4.52. The lowest BCUT2D eigenvalue weighted by Crippen LogP contribution is -2.07. The normalized spacial score (nSPS) is 10.5. The van der Waals surface area contributed by atoms with E-state index >= 15 is 0 Å². The molecule has 0 saturated heterocycles. The maximum atomic E-state index is 4.41. The standard InChI is InChI=1S/C13H20N6/c1-5-14-13-16-9(2)6-12(17-13)15-7-11-8-19(4)18-10(11)3/h6,8H,5,7H2,1-4H3,(H2,14,15,16,17). The van der Waals surface area contributed by atoms with Crippen molar-refractivity contribution in [2.75, 3.05) is 17.2 Å². The Morgan fingerprint density at radius 2 is 2.00 bits per heavy atom. The molecule has 6 heteroatoms. The lowest BCUT2D eigenvalue weighted by molar-refractivity contribution is 0.756.